The van der Waals surface area contributed by atoms with E-state index in [0.717, 1.165) is 41.3 Å². The van der Waals surface area contributed by atoms with Crippen LogP contribution in [0.5, 0.6) is 11.5 Å². The molecule has 8 rings (SSSR count). The molecule has 5 aromatic rings. The molecule has 2 saturated heterocycles. The highest BCUT2D eigenvalue weighted by Crippen LogP contribution is 2.54. The number of fused-ring (bicyclic) bond motifs is 2. The van der Waals surface area contributed by atoms with E-state index in [9.17, 15) is 0 Å². The third kappa shape index (κ3) is 3.60. The van der Waals surface area contributed by atoms with E-state index in [4.69, 9.17) is 26.1 Å². The van der Waals surface area contributed by atoms with Crippen molar-refractivity contribution in [3.63, 3.8) is 0 Å². The Hall–Kier alpha value is -3.53. The minimum Gasteiger partial charge on any atom is -0.456 e. The number of aromatic nitrogens is 6. The van der Waals surface area contributed by atoms with E-state index in [1.165, 1.54) is 25.9 Å². The summed E-state index contributed by atoms with van der Waals surface area (Å²) in [5.74, 6) is 2.05. The Morgan fingerprint density at radius 2 is 1.89 bits per heavy atom. The van der Waals surface area contributed by atoms with Gasteiger partial charge in [0.15, 0.2) is 0 Å². The number of imidazole rings is 1. The summed E-state index contributed by atoms with van der Waals surface area (Å²) in [6, 6.07) is 10.5. The summed E-state index contributed by atoms with van der Waals surface area (Å²) in [5.41, 5.74) is 5.27. The van der Waals surface area contributed by atoms with E-state index in [-0.39, 0.29) is 0 Å². The van der Waals surface area contributed by atoms with Gasteiger partial charge in [0, 0.05) is 30.9 Å². The average Bonchev–Trinajstić information content (AvgIpc) is 3.46. The number of halogens is 1. The van der Waals surface area contributed by atoms with Crippen molar-refractivity contribution < 1.29 is 9.47 Å². The van der Waals surface area contributed by atoms with Crippen LogP contribution in [0.1, 0.15) is 24.7 Å². The summed E-state index contributed by atoms with van der Waals surface area (Å²) in [4.78, 5) is 19.7. The maximum atomic E-state index is 6.78. The van der Waals surface area contributed by atoms with Gasteiger partial charge in [-0.25, -0.2) is 9.97 Å². The fourth-order valence-electron chi connectivity index (χ4n) is 6.11. The third-order valence-corrected chi connectivity index (χ3v) is 8.60. The van der Waals surface area contributed by atoms with Gasteiger partial charge in [0.25, 0.3) is 0 Å². The number of hydrogen-bond acceptors (Lipinski definition) is 7. The van der Waals surface area contributed by atoms with Crippen LogP contribution in [-0.2, 0) is 4.74 Å². The summed E-state index contributed by atoms with van der Waals surface area (Å²) >= 11 is 6.78. The molecule has 1 saturated carbocycles. The molecule has 192 valence electrons. The highest BCUT2D eigenvalue weighted by atomic mass is 35.5. The maximum Gasteiger partial charge on any atom is 0.148 e. The molecule has 0 unspecified atom stereocenters. The molecule has 1 spiro atoms. The molecule has 0 bridgehead atoms. The quantitative estimate of drug-likeness (QED) is 0.337. The smallest absolute Gasteiger partial charge is 0.148 e. The second-order valence-corrected chi connectivity index (χ2v) is 11.3. The van der Waals surface area contributed by atoms with Crippen molar-refractivity contribution >= 4 is 33.7 Å². The Morgan fingerprint density at radius 3 is 2.71 bits per heavy atom. The van der Waals surface area contributed by atoms with Crippen LogP contribution in [0.15, 0.2) is 48.9 Å². The van der Waals surface area contributed by atoms with Gasteiger partial charge < -0.3 is 14.5 Å². The number of likely N-dealkylation sites (tertiary alicyclic amines) is 1. The van der Waals surface area contributed by atoms with Gasteiger partial charge in [-0.1, -0.05) is 11.6 Å². The van der Waals surface area contributed by atoms with E-state index >= 15 is 0 Å². The zero-order chi connectivity index (χ0) is 25.4. The highest BCUT2D eigenvalue weighted by molar-refractivity contribution is 6.36. The molecule has 2 aliphatic heterocycles. The molecule has 0 amide bonds. The molecule has 0 radical (unpaired) electrons. The number of nitrogens with zero attached hydrogens (tertiary/aromatic N) is 6. The van der Waals surface area contributed by atoms with Crippen molar-refractivity contribution in [1.29, 1.82) is 0 Å². The van der Waals surface area contributed by atoms with E-state index in [1.54, 1.807) is 6.20 Å². The summed E-state index contributed by atoms with van der Waals surface area (Å²) in [6.07, 6.45) is 8.09. The SMILES string of the molecule is Cc1nc2ccc(Oc3ccc4ncc(-c5cnn(C6CC7(C6)CN(C6COC6)C7)c5)nc4c3Cl)cc2[nH]1. The van der Waals surface area contributed by atoms with Crippen LogP contribution in [0.3, 0.4) is 0 Å². The predicted octanol–water partition coefficient (Wildman–Crippen LogP) is 5.16. The monoisotopic (exact) mass is 527 g/mol. The molecule has 0 atom stereocenters. The summed E-state index contributed by atoms with van der Waals surface area (Å²) in [6.45, 7) is 6.11. The van der Waals surface area contributed by atoms with Crippen LogP contribution in [0.4, 0.5) is 0 Å². The Labute approximate surface area is 223 Å². The fraction of sp³-hybridized carbons (Fsp3) is 0.357. The molecule has 3 aromatic heterocycles. The highest BCUT2D eigenvalue weighted by Gasteiger charge is 2.55. The van der Waals surface area contributed by atoms with Crippen LogP contribution in [0, 0.1) is 12.3 Å². The topological polar surface area (TPSA) is 94.0 Å². The molecular weight excluding hydrogens is 502 g/mol. The first-order valence-corrected chi connectivity index (χ1v) is 13.4. The molecule has 38 heavy (non-hydrogen) atoms. The Kier molecular flexibility index (Phi) is 4.86. The van der Waals surface area contributed by atoms with Crippen molar-refractivity contribution in [2.45, 2.75) is 31.8 Å². The third-order valence-electron chi connectivity index (χ3n) is 8.24. The zero-order valence-corrected chi connectivity index (χ0v) is 21.6. The first kappa shape index (κ1) is 22.5. The largest absolute Gasteiger partial charge is 0.456 e. The maximum absolute atomic E-state index is 6.78. The molecule has 9 nitrogen and oxygen atoms in total. The molecule has 3 fully saturated rings. The van der Waals surface area contributed by atoms with Crippen molar-refractivity contribution in [1.82, 2.24) is 34.6 Å². The van der Waals surface area contributed by atoms with Gasteiger partial charge in [-0.05, 0) is 49.4 Å². The van der Waals surface area contributed by atoms with Crippen molar-refractivity contribution in [2.24, 2.45) is 5.41 Å². The minimum absolute atomic E-state index is 0.428. The zero-order valence-electron chi connectivity index (χ0n) is 20.9. The minimum atomic E-state index is 0.428. The number of aryl methyl sites for hydroxylation is 1. The number of hydrogen-bond donors (Lipinski definition) is 1. The lowest BCUT2D eigenvalue weighted by Crippen LogP contribution is -2.68. The lowest BCUT2D eigenvalue weighted by molar-refractivity contribution is -0.165. The van der Waals surface area contributed by atoms with Crippen LogP contribution >= 0.6 is 11.6 Å². The summed E-state index contributed by atoms with van der Waals surface area (Å²) in [7, 11) is 0. The molecule has 1 aliphatic carbocycles. The normalized spacial score (nSPS) is 19.5. The first-order valence-electron chi connectivity index (χ1n) is 13.0. The number of H-pyrrole nitrogens is 1. The van der Waals surface area contributed by atoms with Gasteiger partial charge in [-0.3, -0.25) is 14.6 Å². The van der Waals surface area contributed by atoms with Crippen molar-refractivity contribution in [3.05, 3.63) is 59.8 Å². The molecular formula is C28H26ClN7O2. The van der Waals surface area contributed by atoms with Crippen LogP contribution in [0.2, 0.25) is 5.02 Å². The van der Waals surface area contributed by atoms with Crippen LogP contribution in [0.25, 0.3) is 33.3 Å². The number of ether oxygens (including phenoxy) is 2. The molecule has 10 heteroatoms. The first-order chi connectivity index (χ1) is 18.5. The van der Waals surface area contributed by atoms with E-state index in [0.29, 0.717) is 45.1 Å². The second-order valence-electron chi connectivity index (χ2n) is 11.0. The second kappa shape index (κ2) is 8.23. The molecule has 5 heterocycles. The predicted molar refractivity (Wildman–Crippen MR) is 144 cm³/mol. The van der Waals surface area contributed by atoms with Gasteiger partial charge >= 0.3 is 0 Å². The van der Waals surface area contributed by atoms with Crippen LogP contribution < -0.4 is 4.74 Å². The molecule has 1 N–H and O–H groups in total. The van der Waals surface area contributed by atoms with Gasteiger partial charge in [-0.2, -0.15) is 5.10 Å². The van der Waals surface area contributed by atoms with E-state index < -0.39 is 0 Å². The molecule has 3 aliphatic rings. The van der Waals surface area contributed by atoms with Gasteiger partial charge in [0.2, 0.25) is 0 Å². The summed E-state index contributed by atoms with van der Waals surface area (Å²) in [5, 5.41) is 5.10. The summed E-state index contributed by atoms with van der Waals surface area (Å²) < 4.78 is 13.6. The lowest BCUT2D eigenvalue weighted by atomic mass is 9.60. The fourth-order valence-corrected chi connectivity index (χ4v) is 6.35. The Morgan fingerprint density at radius 1 is 1.05 bits per heavy atom. The number of aromatic amines is 1. The van der Waals surface area contributed by atoms with Crippen molar-refractivity contribution in [3.8, 4) is 22.8 Å². The average molecular weight is 528 g/mol. The molecule has 2 aromatic carbocycles. The number of nitrogens with one attached hydrogen (secondary N) is 1. The van der Waals surface area contributed by atoms with Gasteiger partial charge in [0.1, 0.15) is 27.9 Å². The lowest BCUT2D eigenvalue weighted by Gasteiger charge is -2.61. The van der Waals surface area contributed by atoms with E-state index in [1.807, 2.05) is 43.5 Å². The van der Waals surface area contributed by atoms with Gasteiger partial charge in [-0.15, -0.1) is 0 Å². The Bertz CT molecular complexity index is 1690. The van der Waals surface area contributed by atoms with E-state index in [2.05, 4.69) is 35.8 Å². The Balaban J connectivity index is 1.01. The van der Waals surface area contributed by atoms with Crippen molar-refractivity contribution in [2.75, 3.05) is 26.3 Å². The number of rotatable bonds is 5. The standard InChI is InChI=1S/C28H26ClN7O2/c1-16-32-21-3-2-20(6-23(21)33-16)38-25-5-4-22-27(26(25)29)34-24(10-30-22)17-9-31-36(11-17)18-7-28(8-18)14-35(15-28)19-12-37-13-19/h2-6,9-11,18-19H,7-8,12-15H2,1H3,(H,32,33). The van der Waals surface area contributed by atoms with Gasteiger partial charge in [0.05, 0.1) is 59.9 Å². The number of benzene rings is 2. The van der Waals surface area contributed by atoms with Crippen LogP contribution in [-0.4, -0.2) is 67.0 Å².